The topological polar surface area (TPSA) is 45.7 Å². The molecule has 1 aromatic rings. The van der Waals surface area contributed by atoms with Crippen molar-refractivity contribution < 1.29 is 9.53 Å². The van der Waals surface area contributed by atoms with E-state index in [0.717, 1.165) is 31.9 Å². The van der Waals surface area contributed by atoms with Crippen LogP contribution in [0.1, 0.15) is 32.5 Å². The summed E-state index contributed by atoms with van der Waals surface area (Å²) >= 11 is 0. The molecule has 1 fully saturated rings. The molecule has 0 radical (unpaired) electrons. The van der Waals surface area contributed by atoms with Gasteiger partial charge in [-0.3, -0.25) is 14.7 Å². The highest BCUT2D eigenvalue weighted by molar-refractivity contribution is 5.80. The van der Waals surface area contributed by atoms with E-state index in [1.807, 2.05) is 37.1 Å². The van der Waals surface area contributed by atoms with E-state index in [1.165, 1.54) is 0 Å². The second-order valence-electron chi connectivity index (χ2n) is 5.39. The minimum Gasteiger partial charge on any atom is -0.369 e. The molecule has 116 valence electrons. The molecule has 0 bridgehead atoms. The third-order valence-corrected chi connectivity index (χ3v) is 4.05. The monoisotopic (exact) mass is 291 g/mol. The Balaban J connectivity index is 1.87. The van der Waals surface area contributed by atoms with Crippen molar-refractivity contribution >= 4 is 5.91 Å². The third-order valence-electron chi connectivity index (χ3n) is 4.05. The Labute approximate surface area is 126 Å². The van der Waals surface area contributed by atoms with Gasteiger partial charge in [0.25, 0.3) is 5.91 Å². The maximum absolute atomic E-state index is 12.2. The van der Waals surface area contributed by atoms with Crippen LogP contribution in [0.3, 0.4) is 0 Å². The molecule has 2 atom stereocenters. The van der Waals surface area contributed by atoms with Crippen LogP contribution in [-0.4, -0.2) is 59.6 Å². The maximum atomic E-state index is 12.2. The lowest BCUT2D eigenvalue weighted by Gasteiger charge is -2.38. The van der Waals surface area contributed by atoms with Crippen molar-refractivity contribution in [3.05, 3.63) is 30.1 Å². The summed E-state index contributed by atoms with van der Waals surface area (Å²) in [6.45, 7) is 9.75. The van der Waals surface area contributed by atoms with Gasteiger partial charge in [0.2, 0.25) is 0 Å². The molecular formula is C16H25N3O2. The lowest BCUT2D eigenvalue weighted by molar-refractivity contribution is -0.144. The summed E-state index contributed by atoms with van der Waals surface area (Å²) in [5, 5.41) is 0. The molecule has 0 spiro atoms. The van der Waals surface area contributed by atoms with E-state index >= 15 is 0 Å². The Morgan fingerprint density at radius 2 is 2.00 bits per heavy atom. The zero-order valence-electron chi connectivity index (χ0n) is 13.2. The number of pyridine rings is 1. The first kappa shape index (κ1) is 15.9. The SMILES string of the molecule is CCO[C@@H](C)C(=O)N1CCN([C@H](C)c2ccccn2)CC1. The number of ether oxygens (including phenoxy) is 1. The number of piperazine rings is 1. The zero-order valence-corrected chi connectivity index (χ0v) is 13.2. The number of aromatic nitrogens is 1. The second kappa shape index (κ2) is 7.52. The molecule has 0 aliphatic carbocycles. The van der Waals surface area contributed by atoms with Crippen LogP contribution in [-0.2, 0) is 9.53 Å². The Bertz CT molecular complexity index is 444. The predicted molar refractivity (Wildman–Crippen MR) is 81.9 cm³/mol. The molecule has 1 amide bonds. The van der Waals surface area contributed by atoms with Crippen molar-refractivity contribution in [2.24, 2.45) is 0 Å². The molecule has 1 aliphatic heterocycles. The van der Waals surface area contributed by atoms with E-state index in [9.17, 15) is 4.79 Å². The first-order valence-electron chi connectivity index (χ1n) is 7.68. The van der Waals surface area contributed by atoms with Crippen LogP contribution >= 0.6 is 0 Å². The normalized spacial score (nSPS) is 19.3. The number of hydrogen-bond acceptors (Lipinski definition) is 4. The summed E-state index contributed by atoms with van der Waals surface area (Å²) in [5.74, 6) is 0.0991. The minimum absolute atomic E-state index is 0.0991. The van der Waals surface area contributed by atoms with E-state index in [4.69, 9.17) is 4.74 Å². The summed E-state index contributed by atoms with van der Waals surface area (Å²) in [5.41, 5.74) is 1.08. The molecule has 0 N–H and O–H groups in total. The van der Waals surface area contributed by atoms with Crippen LogP contribution in [0.4, 0.5) is 0 Å². The zero-order chi connectivity index (χ0) is 15.2. The molecule has 2 rings (SSSR count). The van der Waals surface area contributed by atoms with Crippen molar-refractivity contribution in [1.29, 1.82) is 0 Å². The molecule has 0 saturated carbocycles. The van der Waals surface area contributed by atoms with Gasteiger partial charge >= 0.3 is 0 Å². The smallest absolute Gasteiger partial charge is 0.251 e. The Morgan fingerprint density at radius 1 is 1.29 bits per heavy atom. The van der Waals surface area contributed by atoms with Gasteiger partial charge in [-0.25, -0.2) is 0 Å². The predicted octanol–water partition coefficient (Wildman–Crippen LogP) is 1.71. The molecule has 21 heavy (non-hydrogen) atoms. The van der Waals surface area contributed by atoms with E-state index in [-0.39, 0.29) is 18.1 Å². The molecular weight excluding hydrogens is 266 g/mol. The van der Waals surface area contributed by atoms with Crippen molar-refractivity contribution in [2.45, 2.75) is 32.9 Å². The molecule has 5 nitrogen and oxygen atoms in total. The molecule has 0 aromatic carbocycles. The number of nitrogens with zero attached hydrogens (tertiary/aromatic N) is 3. The number of carbonyl (C=O) groups excluding carboxylic acids is 1. The summed E-state index contributed by atoms with van der Waals surface area (Å²) in [6.07, 6.45) is 1.49. The molecule has 0 unspecified atom stereocenters. The van der Waals surface area contributed by atoms with Gasteiger partial charge in [0.1, 0.15) is 6.10 Å². The summed E-state index contributed by atoms with van der Waals surface area (Å²) < 4.78 is 5.39. The highest BCUT2D eigenvalue weighted by Crippen LogP contribution is 2.19. The van der Waals surface area contributed by atoms with Crippen LogP contribution in [0.25, 0.3) is 0 Å². The molecule has 1 aromatic heterocycles. The first-order valence-corrected chi connectivity index (χ1v) is 7.68. The van der Waals surface area contributed by atoms with Gasteiger partial charge in [0.15, 0.2) is 0 Å². The maximum Gasteiger partial charge on any atom is 0.251 e. The Hall–Kier alpha value is -1.46. The van der Waals surface area contributed by atoms with Gasteiger partial charge in [-0.15, -0.1) is 0 Å². The third kappa shape index (κ3) is 4.02. The molecule has 5 heteroatoms. The number of hydrogen-bond donors (Lipinski definition) is 0. The van der Waals surface area contributed by atoms with Crippen molar-refractivity contribution in [2.75, 3.05) is 32.8 Å². The lowest BCUT2D eigenvalue weighted by Crippen LogP contribution is -2.51. The highest BCUT2D eigenvalue weighted by Gasteiger charge is 2.27. The fraction of sp³-hybridized carbons (Fsp3) is 0.625. The summed E-state index contributed by atoms with van der Waals surface area (Å²) in [6, 6.07) is 6.29. The summed E-state index contributed by atoms with van der Waals surface area (Å²) in [7, 11) is 0. The van der Waals surface area contributed by atoms with E-state index in [0.29, 0.717) is 6.61 Å². The quantitative estimate of drug-likeness (QED) is 0.828. The van der Waals surface area contributed by atoms with Crippen LogP contribution in [0.15, 0.2) is 24.4 Å². The van der Waals surface area contributed by atoms with Crippen molar-refractivity contribution in [1.82, 2.24) is 14.8 Å². The first-order chi connectivity index (χ1) is 10.1. The van der Waals surface area contributed by atoms with Gasteiger partial charge in [0, 0.05) is 45.0 Å². The standard InChI is InChI=1S/C16H25N3O2/c1-4-21-14(3)16(20)19-11-9-18(10-12-19)13(2)15-7-5-6-8-17-15/h5-8,13-14H,4,9-12H2,1-3H3/t13-,14+/m1/s1. The highest BCUT2D eigenvalue weighted by atomic mass is 16.5. The van der Waals surface area contributed by atoms with Crippen LogP contribution in [0, 0.1) is 0 Å². The van der Waals surface area contributed by atoms with Gasteiger partial charge < -0.3 is 9.64 Å². The van der Waals surface area contributed by atoms with E-state index in [1.54, 1.807) is 0 Å². The van der Waals surface area contributed by atoms with Gasteiger partial charge in [-0.1, -0.05) is 6.07 Å². The molecule has 1 aliphatic rings. The fourth-order valence-corrected chi connectivity index (χ4v) is 2.72. The number of rotatable bonds is 5. The Kier molecular flexibility index (Phi) is 5.70. The Morgan fingerprint density at radius 3 is 2.57 bits per heavy atom. The van der Waals surface area contributed by atoms with Crippen LogP contribution < -0.4 is 0 Å². The van der Waals surface area contributed by atoms with Crippen LogP contribution in [0.5, 0.6) is 0 Å². The lowest BCUT2D eigenvalue weighted by atomic mass is 10.1. The molecule has 1 saturated heterocycles. The van der Waals surface area contributed by atoms with Crippen molar-refractivity contribution in [3.63, 3.8) is 0 Å². The van der Waals surface area contributed by atoms with Crippen molar-refractivity contribution in [3.8, 4) is 0 Å². The summed E-state index contributed by atoms with van der Waals surface area (Å²) in [4.78, 5) is 20.9. The number of amides is 1. The molecule has 2 heterocycles. The minimum atomic E-state index is -0.338. The fourth-order valence-electron chi connectivity index (χ4n) is 2.72. The van der Waals surface area contributed by atoms with Gasteiger partial charge in [0.05, 0.1) is 5.69 Å². The second-order valence-corrected chi connectivity index (χ2v) is 5.39. The average Bonchev–Trinajstić information content (AvgIpc) is 2.54. The van der Waals surface area contributed by atoms with Crippen LogP contribution in [0.2, 0.25) is 0 Å². The van der Waals surface area contributed by atoms with E-state index in [2.05, 4.69) is 22.9 Å². The van der Waals surface area contributed by atoms with Gasteiger partial charge in [-0.2, -0.15) is 0 Å². The average molecular weight is 291 g/mol. The van der Waals surface area contributed by atoms with E-state index < -0.39 is 0 Å². The number of carbonyl (C=O) groups is 1. The van der Waals surface area contributed by atoms with Gasteiger partial charge in [-0.05, 0) is 32.9 Å². The largest absolute Gasteiger partial charge is 0.369 e.